The Morgan fingerprint density at radius 2 is 1.90 bits per heavy atom. The van der Waals surface area contributed by atoms with Gasteiger partial charge in [0, 0.05) is 17.6 Å². The van der Waals surface area contributed by atoms with Gasteiger partial charge in [-0.25, -0.2) is 15.0 Å². The molecular formula is C13H11N5OS. The maximum absolute atomic E-state index is 11.9. The predicted molar refractivity (Wildman–Crippen MR) is 78.5 cm³/mol. The molecule has 0 saturated heterocycles. The molecule has 0 unspecified atom stereocenters. The lowest BCUT2D eigenvalue weighted by molar-refractivity contribution is 1.06. The van der Waals surface area contributed by atoms with Gasteiger partial charge in [-0.2, -0.15) is 4.98 Å². The molecule has 3 aromatic rings. The van der Waals surface area contributed by atoms with E-state index in [4.69, 9.17) is 0 Å². The van der Waals surface area contributed by atoms with Gasteiger partial charge in [0.2, 0.25) is 5.95 Å². The first kappa shape index (κ1) is 12.6. The first-order valence-electron chi connectivity index (χ1n) is 5.97. The highest BCUT2D eigenvalue weighted by atomic mass is 32.1. The summed E-state index contributed by atoms with van der Waals surface area (Å²) in [4.78, 5) is 29.2. The molecule has 0 aliphatic carbocycles. The Labute approximate surface area is 118 Å². The van der Waals surface area contributed by atoms with Crippen LogP contribution in [0.2, 0.25) is 0 Å². The maximum atomic E-state index is 11.9. The molecule has 0 aliphatic rings. The van der Waals surface area contributed by atoms with E-state index in [0.29, 0.717) is 21.3 Å². The monoisotopic (exact) mass is 285 g/mol. The second-order valence-electron chi connectivity index (χ2n) is 4.28. The molecule has 0 atom stereocenters. The summed E-state index contributed by atoms with van der Waals surface area (Å²) in [7, 11) is 0. The average Bonchev–Trinajstić information content (AvgIpc) is 2.37. The standard InChI is InChI=1S/C13H11N5OS/c1-7-6-8(2)16-12(15-7)18-13-17-10(19)9-4-3-5-14-11(9)20-13/h3-6H,1-2H3,(H,15,16,17,18,19). The SMILES string of the molecule is Cc1cc(C)nc(Nc2nc(=O)c3cccnc3s2)n1. The molecule has 0 saturated carbocycles. The van der Waals surface area contributed by atoms with Crippen LogP contribution in [0.4, 0.5) is 11.1 Å². The highest BCUT2D eigenvalue weighted by Crippen LogP contribution is 2.20. The van der Waals surface area contributed by atoms with E-state index in [9.17, 15) is 4.79 Å². The van der Waals surface area contributed by atoms with Crippen molar-refractivity contribution in [2.75, 3.05) is 5.32 Å². The lowest BCUT2D eigenvalue weighted by atomic mass is 10.4. The Balaban J connectivity index is 2.04. The van der Waals surface area contributed by atoms with E-state index in [1.54, 1.807) is 18.3 Å². The molecule has 0 amide bonds. The fourth-order valence-corrected chi connectivity index (χ4v) is 2.67. The third kappa shape index (κ3) is 2.48. The minimum absolute atomic E-state index is 0.307. The Morgan fingerprint density at radius 3 is 2.65 bits per heavy atom. The molecule has 7 heteroatoms. The van der Waals surface area contributed by atoms with E-state index in [2.05, 4.69) is 25.3 Å². The molecule has 0 bridgehead atoms. The smallest absolute Gasteiger partial charge is 0.282 e. The van der Waals surface area contributed by atoms with Crippen LogP contribution in [-0.2, 0) is 0 Å². The van der Waals surface area contributed by atoms with Crippen LogP contribution in [0.1, 0.15) is 11.4 Å². The molecular weight excluding hydrogens is 274 g/mol. The number of aromatic nitrogens is 4. The largest absolute Gasteiger partial charge is 0.300 e. The van der Waals surface area contributed by atoms with Crippen molar-refractivity contribution in [1.29, 1.82) is 0 Å². The second kappa shape index (κ2) is 4.93. The van der Waals surface area contributed by atoms with Crippen LogP contribution in [0.25, 0.3) is 10.2 Å². The molecule has 3 aromatic heterocycles. The van der Waals surface area contributed by atoms with Gasteiger partial charge in [-0.05, 0) is 32.0 Å². The molecule has 3 rings (SSSR count). The zero-order chi connectivity index (χ0) is 14.1. The van der Waals surface area contributed by atoms with Gasteiger partial charge in [0.1, 0.15) is 4.83 Å². The fraction of sp³-hybridized carbons (Fsp3) is 0.154. The zero-order valence-corrected chi connectivity index (χ0v) is 11.7. The summed E-state index contributed by atoms with van der Waals surface area (Å²) in [6.07, 6.45) is 1.65. The summed E-state index contributed by atoms with van der Waals surface area (Å²) in [5, 5.41) is 3.92. The lowest BCUT2D eigenvalue weighted by Gasteiger charge is -2.05. The topological polar surface area (TPSA) is 80.7 Å². The van der Waals surface area contributed by atoms with Crippen molar-refractivity contribution in [3.63, 3.8) is 0 Å². The van der Waals surface area contributed by atoms with Crippen molar-refractivity contribution in [2.45, 2.75) is 13.8 Å². The lowest BCUT2D eigenvalue weighted by Crippen LogP contribution is -2.09. The van der Waals surface area contributed by atoms with Crippen molar-refractivity contribution >= 4 is 32.6 Å². The Bertz CT molecular complexity index is 825. The third-order valence-electron chi connectivity index (χ3n) is 2.60. The number of hydrogen-bond acceptors (Lipinski definition) is 7. The molecule has 3 heterocycles. The summed E-state index contributed by atoms with van der Waals surface area (Å²) in [5.41, 5.74) is 1.40. The van der Waals surface area contributed by atoms with Gasteiger partial charge in [-0.15, -0.1) is 0 Å². The van der Waals surface area contributed by atoms with Crippen LogP contribution < -0.4 is 10.9 Å². The quantitative estimate of drug-likeness (QED) is 0.777. The van der Waals surface area contributed by atoms with Crippen molar-refractivity contribution in [3.05, 3.63) is 46.1 Å². The average molecular weight is 285 g/mol. The number of rotatable bonds is 2. The van der Waals surface area contributed by atoms with Crippen LogP contribution in [-0.4, -0.2) is 19.9 Å². The van der Waals surface area contributed by atoms with Crippen molar-refractivity contribution in [1.82, 2.24) is 19.9 Å². The van der Waals surface area contributed by atoms with Crippen LogP contribution in [0, 0.1) is 13.8 Å². The third-order valence-corrected chi connectivity index (χ3v) is 3.50. The molecule has 0 aromatic carbocycles. The summed E-state index contributed by atoms with van der Waals surface area (Å²) < 4.78 is 0. The van der Waals surface area contributed by atoms with E-state index >= 15 is 0 Å². The first-order valence-corrected chi connectivity index (χ1v) is 6.79. The number of hydrogen-bond donors (Lipinski definition) is 1. The van der Waals surface area contributed by atoms with Crippen LogP contribution in [0.15, 0.2) is 29.2 Å². The predicted octanol–water partition coefficient (Wildman–Crippen LogP) is 2.20. The highest BCUT2D eigenvalue weighted by molar-refractivity contribution is 7.21. The van der Waals surface area contributed by atoms with Gasteiger partial charge in [0.05, 0.1) is 5.39 Å². The van der Waals surface area contributed by atoms with Crippen LogP contribution in [0.5, 0.6) is 0 Å². The number of fused-ring (bicyclic) bond motifs is 1. The summed E-state index contributed by atoms with van der Waals surface area (Å²) in [6, 6.07) is 5.31. The molecule has 0 aliphatic heterocycles. The second-order valence-corrected chi connectivity index (χ2v) is 5.26. The van der Waals surface area contributed by atoms with E-state index in [1.807, 2.05) is 19.9 Å². The summed E-state index contributed by atoms with van der Waals surface area (Å²) in [5.74, 6) is 0.431. The van der Waals surface area contributed by atoms with E-state index in [-0.39, 0.29) is 5.56 Å². The molecule has 1 N–H and O–H groups in total. The van der Waals surface area contributed by atoms with Crippen molar-refractivity contribution in [2.24, 2.45) is 0 Å². The van der Waals surface area contributed by atoms with Crippen molar-refractivity contribution in [3.8, 4) is 0 Å². The number of aryl methyl sites for hydroxylation is 2. The first-order chi connectivity index (χ1) is 9.61. The molecule has 100 valence electrons. The van der Waals surface area contributed by atoms with Gasteiger partial charge < -0.3 is 0 Å². The maximum Gasteiger partial charge on any atom is 0.282 e. The number of nitrogens with zero attached hydrogens (tertiary/aromatic N) is 4. The van der Waals surface area contributed by atoms with Gasteiger partial charge in [-0.1, -0.05) is 11.3 Å². The number of pyridine rings is 1. The Kier molecular flexibility index (Phi) is 3.11. The van der Waals surface area contributed by atoms with Gasteiger partial charge in [0.15, 0.2) is 5.13 Å². The van der Waals surface area contributed by atoms with E-state index in [0.717, 1.165) is 11.4 Å². The normalized spacial score (nSPS) is 10.7. The molecule has 0 radical (unpaired) electrons. The van der Waals surface area contributed by atoms with Crippen LogP contribution in [0.3, 0.4) is 0 Å². The molecule has 0 fully saturated rings. The molecule has 20 heavy (non-hydrogen) atoms. The molecule has 6 nitrogen and oxygen atoms in total. The Morgan fingerprint density at radius 1 is 1.15 bits per heavy atom. The van der Waals surface area contributed by atoms with Crippen molar-refractivity contribution < 1.29 is 0 Å². The van der Waals surface area contributed by atoms with Gasteiger partial charge >= 0.3 is 0 Å². The highest BCUT2D eigenvalue weighted by Gasteiger charge is 2.07. The fourth-order valence-electron chi connectivity index (χ4n) is 1.83. The minimum Gasteiger partial charge on any atom is -0.300 e. The Hall–Kier alpha value is -2.41. The van der Waals surface area contributed by atoms with Gasteiger partial charge in [0.25, 0.3) is 5.56 Å². The number of nitrogens with one attached hydrogen (secondary N) is 1. The zero-order valence-electron chi connectivity index (χ0n) is 10.9. The minimum atomic E-state index is -0.307. The van der Waals surface area contributed by atoms with E-state index < -0.39 is 0 Å². The summed E-state index contributed by atoms with van der Waals surface area (Å²) >= 11 is 1.29. The number of anilines is 2. The van der Waals surface area contributed by atoms with Crippen LogP contribution >= 0.6 is 11.3 Å². The van der Waals surface area contributed by atoms with Gasteiger partial charge in [-0.3, -0.25) is 10.1 Å². The summed E-state index contributed by atoms with van der Waals surface area (Å²) in [6.45, 7) is 3.77. The molecule has 0 spiro atoms. The van der Waals surface area contributed by atoms with E-state index in [1.165, 1.54) is 11.3 Å².